The predicted octanol–water partition coefficient (Wildman–Crippen LogP) is 1.58. The molecule has 0 unspecified atom stereocenters. The standard InChI is InChI=1S/C9H14N2S/c1-8-2-4-11-9(6-8)7-12-5-3-10/h2,4,6H,3,5,7,10H2,1H3. The van der Waals surface area contributed by atoms with Gasteiger partial charge in [-0.25, -0.2) is 0 Å². The van der Waals surface area contributed by atoms with Gasteiger partial charge in [0.1, 0.15) is 0 Å². The molecule has 0 radical (unpaired) electrons. The largest absolute Gasteiger partial charge is 0.330 e. The Morgan fingerprint density at radius 3 is 3.08 bits per heavy atom. The summed E-state index contributed by atoms with van der Waals surface area (Å²) in [6.45, 7) is 2.83. The van der Waals surface area contributed by atoms with Crippen LogP contribution in [-0.2, 0) is 5.75 Å². The maximum atomic E-state index is 5.38. The minimum atomic E-state index is 0.747. The van der Waals surface area contributed by atoms with E-state index in [0.717, 1.165) is 23.7 Å². The van der Waals surface area contributed by atoms with Crippen LogP contribution >= 0.6 is 11.8 Å². The number of nitrogens with zero attached hydrogens (tertiary/aromatic N) is 1. The summed E-state index contributed by atoms with van der Waals surface area (Å²) in [5.74, 6) is 1.98. The predicted molar refractivity (Wildman–Crippen MR) is 54.2 cm³/mol. The Bertz CT molecular complexity index is 238. The SMILES string of the molecule is Cc1ccnc(CSCCN)c1. The number of aryl methyl sites for hydroxylation is 1. The van der Waals surface area contributed by atoms with E-state index in [2.05, 4.69) is 18.0 Å². The van der Waals surface area contributed by atoms with Crippen LogP contribution < -0.4 is 5.73 Å². The van der Waals surface area contributed by atoms with Crippen LogP contribution in [0, 0.1) is 6.92 Å². The molecule has 0 fully saturated rings. The molecule has 2 N–H and O–H groups in total. The van der Waals surface area contributed by atoms with E-state index < -0.39 is 0 Å². The fourth-order valence-electron chi connectivity index (χ4n) is 0.938. The lowest BCUT2D eigenvalue weighted by Crippen LogP contribution is -2.01. The normalized spacial score (nSPS) is 10.2. The van der Waals surface area contributed by atoms with Crippen molar-refractivity contribution in [3.8, 4) is 0 Å². The van der Waals surface area contributed by atoms with E-state index in [0.29, 0.717) is 0 Å². The molecule has 0 aliphatic carbocycles. The summed E-state index contributed by atoms with van der Waals surface area (Å²) in [6.07, 6.45) is 1.85. The minimum absolute atomic E-state index is 0.747. The van der Waals surface area contributed by atoms with Crippen LogP contribution in [0.25, 0.3) is 0 Å². The molecule has 0 amide bonds. The molecular weight excluding hydrogens is 168 g/mol. The lowest BCUT2D eigenvalue weighted by molar-refractivity contribution is 1.13. The van der Waals surface area contributed by atoms with Gasteiger partial charge in [0.05, 0.1) is 5.69 Å². The van der Waals surface area contributed by atoms with Crippen LogP contribution in [0.3, 0.4) is 0 Å². The molecule has 0 aromatic carbocycles. The average Bonchev–Trinajstić information content (AvgIpc) is 2.05. The molecule has 1 aromatic rings. The lowest BCUT2D eigenvalue weighted by Gasteiger charge is -1.99. The molecule has 1 aromatic heterocycles. The van der Waals surface area contributed by atoms with Crippen LogP contribution in [0.2, 0.25) is 0 Å². The molecule has 3 heteroatoms. The highest BCUT2D eigenvalue weighted by molar-refractivity contribution is 7.98. The number of aromatic nitrogens is 1. The van der Waals surface area contributed by atoms with Crippen molar-refractivity contribution >= 4 is 11.8 Å². The molecule has 12 heavy (non-hydrogen) atoms. The van der Waals surface area contributed by atoms with E-state index in [1.807, 2.05) is 24.0 Å². The molecule has 0 bridgehead atoms. The maximum absolute atomic E-state index is 5.38. The van der Waals surface area contributed by atoms with Gasteiger partial charge >= 0.3 is 0 Å². The van der Waals surface area contributed by atoms with Crippen LogP contribution in [0.4, 0.5) is 0 Å². The number of pyridine rings is 1. The highest BCUT2D eigenvalue weighted by Crippen LogP contribution is 2.09. The first kappa shape index (κ1) is 9.55. The third-order valence-corrected chi connectivity index (χ3v) is 2.51. The Morgan fingerprint density at radius 1 is 1.58 bits per heavy atom. The molecule has 0 atom stereocenters. The number of thioether (sulfide) groups is 1. The molecule has 0 spiro atoms. The van der Waals surface area contributed by atoms with E-state index >= 15 is 0 Å². The Balaban J connectivity index is 2.41. The summed E-state index contributed by atoms with van der Waals surface area (Å²) in [6, 6.07) is 4.13. The second kappa shape index (κ2) is 5.17. The zero-order valence-electron chi connectivity index (χ0n) is 7.29. The topological polar surface area (TPSA) is 38.9 Å². The second-order valence-electron chi connectivity index (χ2n) is 2.67. The van der Waals surface area contributed by atoms with Gasteiger partial charge in [0.2, 0.25) is 0 Å². The molecule has 2 nitrogen and oxygen atoms in total. The first-order valence-electron chi connectivity index (χ1n) is 4.02. The number of nitrogens with two attached hydrogens (primary N) is 1. The number of hydrogen-bond acceptors (Lipinski definition) is 3. The monoisotopic (exact) mass is 182 g/mol. The van der Waals surface area contributed by atoms with Crippen molar-refractivity contribution in [1.29, 1.82) is 0 Å². The summed E-state index contributed by atoms with van der Waals surface area (Å²) in [4.78, 5) is 4.25. The Labute approximate surface area is 77.6 Å². The first-order valence-corrected chi connectivity index (χ1v) is 5.18. The average molecular weight is 182 g/mol. The lowest BCUT2D eigenvalue weighted by atomic mass is 10.3. The van der Waals surface area contributed by atoms with Crippen LogP contribution in [0.15, 0.2) is 18.3 Å². The van der Waals surface area contributed by atoms with Gasteiger partial charge in [-0.15, -0.1) is 0 Å². The quantitative estimate of drug-likeness (QED) is 0.719. The van der Waals surface area contributed by atoms with Crippen LogP contribution in [0.1, 0.15) is 11.3 Å². The second-order valence-corrected chi connectivity index (χ2v) is 3.77. The summed E-state index contributed by atoms with van der Waals surface area (Å²) < 4.78 is 0. The molecule has 0 aliphatic rings. The summed E-state index contributed by atoms with van der Waals surface area (Å²) in [5, 5.41) is 0. The van der Waals surface area contributed by atoms with Gasteiger partial charge in [0, 0.05) is 24.2 Å². The Kier molecular flexibility index (Phi) is 4.11. The van der Waals surface area contributed by atoms with E-state index in [9.17, 15) is 0 Å². The highest BCUT2D eigenvalue weighted by Gasteiger charge is 1.93. The first-order chi connectivity index (χ1) is 5.83. The Morgan fingerprint density at radius 2 is 2.42 bits per heavy atom. The van der Waals surface area contributed by atoms with E-state index in [1.54, 1.807) is 0 Å². The molecule has 1 heterocycles. The number of hydrogen-bond donors (Lipinski definition) is 1. The van der Waals surface area contributed by atoms with Gasteiger partial charge in [-0.2, -0.15) is 11.8 Å². The third-order valence-electron chi connectivity index (χ3n) is 1.48. The van der Waals surface area contributed by atoms with Gasteiger partial charge in [0.15, 0.2) is 0 Å². The maximum Gasteiger partial charge on any atom is 0.0505 e. The van der Waals surface area contributed by atoms with Crippen molar-refractivity contribution in [3.05, 3.63) is 29.6 Å². The van der Waals surface area contributed by atoms with Crippen molar-refractivity contribution in [3.63, 3.8) is 0 Å². The van der Waals surface area contributed by atoms with Crippen molar-refractivity contribution in [1.82, 2.24) is 4.98 Å². The fourth-order valence-corrected chi connectivity index (χ4v) is 1.62. The summed E-state index contributed by atoms with van der Waals surface area (Å²) in [7, 11) is 0. The Hall–Kier alpha value is -0.540. The van der Waals surface area contributed by atoms with Gasteiger partial charge < -0.3 is 5.73 Å². The number of rotatable bonds is 4. The van der Waals surface area contributed by atoms with Crippen molar-refractivity contribution in [2.45, 2.75) is 12.7 Å². The van der Waals surface area contributed by atoms with E-state index in [4.69, 9.17) is 5.73 Å². The molecule has 0 saturated heterocycles. The minimum Gasteiger partial charge on any atom is -0.330 e. The van der Waals surface area contributed by atoms with Crippen LogP contribution in [-0.4, -0.2) is 17.3 Å². The van der Waals surface area contributed by atoms with E-state index in [-0.39, 0.29) is 0 Å². The molecular formula is C9H14N2S. The van der Waals surface area contributed by atoms with Gasteiger partial charge in [-0.1, -0.05) is 0 Å². The summed E-state index contributed by atoms with van der Waals surface area (Å²) >= 11 is 1.83. The zero-order chi connectivity index (χ0) is 8.81. The smallest absolute Gasteiger partial charge is 0.0505 e. The van der Waals surface area contributed by atoms with Gasteiger partial charge in [-0.05, 0) is 24.6 Å². The highest BCUT2D eigenvalue weighted by atomic mass is 32.2. The molecule has 0 saturated carbocycles. The van der Waals surface area contributed by atoms with Gasteiger partial charge in [-0.3, -0.25) is 4.98 Å². The molecule has 1 rings (SSSR count). The van der Waals surface area contributed by atoms with E-state index in [1.165, 1.54) is 5.56 Å². The fraction of sp³-hybridized carbons (Fsp3) is 0.444. The van der Waals surface area contributed by atoms with Crippen molar-refractivity contribution in [2.24, 2.45) is 5.73 Å². The molecule has 66 valence electrons. The van der Waals surface area contributed by atoms with Gasteiger partial charge in [0.25, 0.3) is 0 Å². The van der Waals surface area contributed by atoms with Crippen molar-refractivity contribution in [2.75, 3.05) is 12.3 Å². The zero-order valence-corrected chi connectivity index (χ0v) is 8.10. The van der Waals surface area contributed by atoms with Crippen LogP contribution in [0.5, 0.6) is 0 Å². The van der Waals surface area contributed by atoms with Crippen molar-refractivity contribution < 1.29 is 0 Å². The summed E-state index contributed by atoms with van der Waals surface area (Å²) in [5.41, 5.74) is 7.80. The third kappa shape index (κ3) is 3.24. The molecule has 0 aliphatic heterocycles.